The lowest BCUT2D eigenvalue weighted by Gasteiger charge is -2.45. The third kappa shape index (κ3) is 7.49. The number of likely N-dealkylation sites (N-methyl/N-ethyl adjacent to an activating group) is 1. The fourth-order valence-electron chi connectivity index (χ4n) is 6.12. The SMILES string of the molecule is CCC1CN(C(Cc2ccc3ccccc3c2)C(=O)NC)CCN1C(=O)C(Cc1ccc(F)cc1)NCc1ccccc1F. The molecule has 2 N–H and O–H groups in total. The second kappa shape index (κ2) is 14.6. The third-order valence-electron chi connectivity index (χ3n) is 8.65. The molecule has 3 unspecified atom stereocenters. The molecule has 0 aliphatic carbocycles. The van der Waals surface area contributed by atoms with Crippen LogP contribution in [-0.4, -0.2) is 66.4 Å². The molecule has 1 aliphatic rings. The number of carbonyl (C=O) groups is 2. The maximum Gasteiger partial charge on any atom is 0.240 e. The molecule has 3 atom stereocenters. The second-order valence-electron chi connectivity index (χ2n) is 11.5. The van der Waals surface area contributed by atoms with Crippen LogP contribution in [0.2, 0.25) is 0 Å². The van der Waals surface area contributed by atoms with Crippen LogP contribution in [0.15, 0.2) is 91.0 Å². The molecule has 0 spiro atoms. The first-order chi connectivity index (χ1) is 21.4. The van der Waals surface area contributed by atoms with Crippen LogP contribution in [0.1, 0.15) is 30.0 Å². The Labute approximate surface area is 258 Å². The first-order valence-corrected chi connectivity index (χ1v) is 15.3. The van der Waals surface area contributed by atoms with Crippen LogP contribution >= 0.6 is 0 Å². The van der Waals surface area contributed by atoms with Crippen molar-refractivity contribution in [1.29, 1.82) is 0 Å². The summed E-state index contributed by atoms with van der Waals surface area (Å²) in [7, 11) is 1.66. The molecule has 2 amide bonds. The van der Waals surface area contributed by atoms with Gasteiger partial charge in [0.15, 0.2) is 0 Å². The Morgan fingerprint density at radius 3 is 2.30 bits per heavy atom. The molecule has 0 bridgehead atoms. The van der Waals surface area contributed by atoms with Crippen molar-refractivity contribution in [3.63, 3.8) is 0 Å². The largest absolute Gasteiger partial charge is 0.358 e. The summed E-state index contributed by atoms with van der Waals surface area (Å²) in [6.07, 6.45) is 1.62. The summed E-state index contributed by atoms with van der Waals surface area (Å²) in [4.78, 5) is 31.4. The van der Waals surface area contributed by atoms with E-state index in [4.69, 9.17) is 0 Å². The topological polar surface area (TPSA) is 64.7 Å². The lowest BCUT2D eigenvalue weighted by Crippen LogP contribution is -2.62. The molecule has 1 heterocycles. The van der Waals surface area contributed by atoms with E-state index in [1.807, 2.05) is 17.0 Å². The molecule has 8 heteroatoms. The van der Waals surface area contributed by atoms with Crippen LogP contribution in [0.5, 0.6) is 0 Å². The fraction of sp³-hybridized carbons (Fsp3) is 0.333. The number of rotatable bonds is 11. The van der Waals surface area contributed by atoms with Gasteiger partial charge in [0, 0.05) is 44.8 Å². The van der Waals surface area contributed by atoms with Crippen LogP contribution in [-0.2, 0) is 29.0 Å². The average Bonchev–Trinajstić information content (AvgIpc) is 3.06. The standard InChI is InChI=1S/C36H40F2N4O2/c1-3-31-24-41(34(35(43)39-2)22-26-12-15-27-8-4-5-9-28(27)20-26)18-19-42(31)36(44)33(21-25-13-16-30(37)17-14-25)40-23-29-10-6-7-11-32(29)38/h4-17,20,31,33-34,40H,3,18-19,21-24H2,1-2H3,(H,39,43). The van der Waals surface area contributed by atoms with Crippen LogP contribution in [0, 0.1) is 11.6 Å². The van der Waals surface area contributed by atoms with E-state index >= 15 is 0 Å². The number of hydrogen-bond donors (Lipinski definition) is 2. The lowest BCUT2D eigenvalue weighted by molar-refractivity contribution is -0.140. The minimum Gasteiger partial charge on any atom is -0.358 e. The molecule has 1 fully saturated rings. The highest BCUT2D eigenvalue weighted by molar-refractivity contribution is 5.85. The van der Waals surface area contributed by atoms with Crippen molar-refractivity contribution in [1.82, 2.24) is 20.4 Å². The molecule has 230 valence electrons. The maximum atomic E-state index is 14.4. The summed E-state index contributed by atoms with van der Waals surface area (Å²) in [5, 5.41) is 8.43. The molecule has 5 rings (SSSR count). The number of nitrogens with zero attached hydrogens (tertiary/aromatic N) is 2. The molecular weight excluding hydrogens is 558 g/mol. The zero-order valence-electron chi connectivity index (χ0n) is 25.3. The van der Waals surface area contributed by atoms with E-state index in [9.17, 15) is 18.4 Å². The van der Waals surface area contributed by atoms with Crippen LogP contribution in [0.4, 0.5) is 8.78 Å². The van der Waals surface area contributed by atoms with Gasteiger partial charge in [-0.05, 0) is 59.4 Å². The summed E-state index contributed by atoms with van der Waals surface area (Å²) < 4.78 is 28.0. The van der Waals surface area contributed by atoms with Gasteiger partial charge in [-0.1, -0.05) is 79.7 Å². The second-order valence-corrected chi connectivity index (χ2v) is 11.5. The number of carbonyl (C=O) groups excluding carboxylic acids is 2. The molecule has 4 aromatic carbocycles. The highest BCUT2D eigenvalue weighted by Gasteiger charge is 2.37. The first-order valence-electron chi connectivity index (χ1n) is 15.3. The predicted molar refractivity (Wildman–Crippen MR) is 170 cm³/mol. The van der Waals surface area contributed by atoms with Gasteiger partial charge < -0.3 is 15.5 Å². The molecule has 0 aromatic heterocycles. The van der Waals surface area contributed by atoms with Crippen molar-refractivity contribution in [3.8, 4) is 0 Å². The molecule has 1 aliphatic heterocycles. The Balaban J connectivity index is 1.33. The van der Waals surface area contributed by atoms with Gasteiger partial charge in [-0.25, -0.2) is 8.78 Å². The van der Waals surface area contributed by atoms with E-state index in [0.717, 1.165) is 28.3 Å². The summed E-state index contributed by atoms with van der Waals surface area (Å²) in [6.45, 7) is 3.80. The summed E-state index contributed by atoms with van der Waals surface area (Å²) in [5.74, 6) is -0.802. The molecule has 0 radical (unpaired) electrons. The quantitative estimate of drug-likeness (QED) is 0.252. The van der Waals surface area contributed by atoms with E-state index in [0.29, 0.717) is 38.0 Å². The summed E-state index contributed by atoms with van der Waals surface area (Å²) in [5.41, 5.74) is 2.37. The Morgan fingerprint density at radius 2 is 1.57 bits per heavy atom. The predicted octanol–water partition coefficient (Wildman–Crippen LogP) is 5.10. The maximum absolute atomic E-state index is 14.4. The van der Waals surface area contributed by atoms with Gasteiger partial charge in [0.2, 0.25) is 11.8 Å². The van der Waals surface area contributed by atoms with E-state index < -0.39 is 6.04 Å². The number of hydrogen-bond acceptors (Lipinski definition) is 4. The van der Waals surface area contributed by atoms with Crippen molar-refractivity contribution < 1.29 is 18.4 Å². The monoisotopic (exact) mass is 598 g/mol. The number of amides is 2. The Kier molecular flexibility index (Phi) is 10.4. The number of nitrogens with one attached hydrogen (secondary N) is 2. The van der Waals surface area contributed by atoms with Gasteiger partial charge in [0.25, 0.3) is 0 Å². The Hall–Kier alpha value is -4.14. The highest BCUT2D eigenvalue weighted by atomic mass is 19.1. The Morgan fingerprint density at radius 1 is 0.864 bits per heavy atom. The van der Waals surface area contributed by atoms with E-state index in [1.54, 1.807) is 37.4 Å². The van der Waals surface area contributed by atoms with Crippen molar-refractivity contribution in [2.45, 2.75) is 50.9 Å². The van der Waals surface area contributed by atoms with Gasteiger partial charge >= 0.3 is 0 Å². The van der Waals surface area contributed by atoms with Gasteiger partial charge in [0.1, 0.15) is 11.6 Å². The van der Waals surface area contributed by atoms with Crippen molar-refractivity contribution in [3.05, 3.63) is 119 Å². The van der Waals surface area contributed by atoms with E-state index in [-0.39, 0.29) is 42.1 Å². The van der Waals surface area contributed by atoms with Gasteiger partial charge in [-0.2, -0.15) is 0 Å². The normalized spacial score (nSPS) is 16.9. The van der Waals surface area contributed by atoms with Crippen molar-refractivity contribution >= 4 is 22.6 Å². The minimum atomic E-state index is -0.631. The first kappa shape index (κ1) is 31.3. The lowest BCUT2D eigenvalue weighted by atomic mass is 9.97. The number of halogens is 2. The number of benzene rings is 4. The zero-order chi connectivity index (χ0) is 31.1. The third-order valence-corrected chi connectivity index (χ3v) is 8.65. The van der Waals surface area contributed by atoms with Crippen LogP contribution in [0.3, 0.4) is 0 Å². The summed E-state index contributed by atoms with van der Waals surface area (Å²) >= 11 is 0. The smallest absolute Gasteiger partial charge is 0.240 e. The highest BCUT2D eigenvalue weighted by Crippen LogP contribution is 2.22. The van der Waals surface area contributed by atoms with Crippen molar-refractivity contribution in [2.24, 2.45) is 0 Å². The van der Waals surface area contributed by atoms with Crippen molar-refractivity contribution in [2.75, 3.05) is 26.7 Å². The number of piperazine rings is 1. The Bertz CT molecular complexity index is 1580. The molecule has 0 saturated carbocycles. The van der Waals surface area contributed by atoms with E-state index in [1.165, 1.54) is 18.2 Å². The molecule has 44 heavy (non-hydrogen) atoms. The molecule has 4 aromatic rings. The molecule has 6 nitrogen and oxygen atoms in total. The molecular formula is C36H40F2N4O2. The number of fused-ring (bicyclic) bond motifs is 1. The van der Waals surface area contributed by atoms with Crippen LogP contribution in [0.25, 0.3) is 10.8 Å². The van der Waals surface area contributed by atoms with Gasteiger partial charge in [-0.15, -0.1) is 0 Å². The average molecular weight is 599 g/mol. The molecule has 1 saturated heterocycles. The fourth-order valence-corrected chi connectivity index (χ4v) is 6.12. The minimum absolute atomic E-state index is 0.0477. The summed E-state index contributed by atoms with van der Waals surface area (Å²) in [6, 6.07) is 26.0. The van der Waals surface area contributed by atoms with Crippen LogP contribution < -0.4 is 10.6 Å². The van der Waals surface area contributed by atoms with Gasteiger partial charge in [-0.3, -0.25) is 14.5 Å². The van der Waals surface area contributed by atoms with E-state index in [2.05, 4.69) is 52.8 Å². The van der Waals surface area contributed by atoms with Gasteiger partial charge in [0.05, 0.1) is 12.1 Å². The zero-order valence-corrected chi connectivity index (χ0v) is 25.3.